The summed E-state index contributed by atoms with van der Waals surface area (Å²) in [5, 5.41) is 4.70. The van der Waals surface area contributed by atoms with Gasteiger partial charge in [0.05, 0.1) is 39.7 Å². The van der Waals surface area contributed by atoms with Crippen LogP contribution < -0.4 is 0 Å². The van der Waals surface area contributed by atoms with Crippen molar-refractivity contribution in [3.05, 3.63) is 176 Å². The molecule has 0 spiro atoms. The van der Waals surface area contributed by atoms with Gasteiger partial charge in [-0.1, -0.05) is 109 Å². The summed E-state index contributed by atoms with van der Waals surface area (Å²) >= 11 is 0. The number of benzene rings is 6. The van der Waals surface area contributed by atoms with Crippen LogP contribution in [0.5, 0.6) is 0 Å². The Morgan fingerprint density at radius 2 is 0.880 bits per heavy atom. The second-order valence-corrected chi connectivity index (χ2v) is 12.6. The number of fused-ring (bicyclic) bond motifs is 6. The van der Waals surface area contributed by atoms with Gasteiger partial charge in [0.2, 0.25) is 5.95 Å². The highest BCUT2D eigenvalue weighted by Gasteiger charge is 2.18. The average molecular weight is 640 g/mol. The lowest BCUT2D eigenvalue weighted by Crippen LogP contribution is -2.03. The van der Waals surface area contributed by atoms with E-state index in [0.29, 0.717) is 5.95 Å². The second-order valence-electron chi connectivity index (χ2n) is 12.6. The first-order valence-electron chi connectivity index (χ1n) is 16.8. The lowest BCUT2D eigenvalue weighted by Gasteiger charge is -2.12. The lowest BCUT2D eigenvalue weighted by atomic mass is 10.0. The van der Waals surface area contributed by atoms with Gasteiger partial charge in [0.15, 0.2) is 0 Å². The summed E-state index contributed by atoms with van der Waals surface area (Å²) in [6, 6.07) is 57.4. The quantitative estimate of drug-likeness (QED) is 0.188. The molecule has 0 fully saturated rings. The average Bonchev–Trinajstić information content (AvgIpc) is 3.71. The van der Waals surface area contributed by atoms with Crippen LogP contribution in [0.2, 0.25) is 0 Å². The van der Waals surface area contributed by atoms with E-state index in [1.54, 1.807) is 0 Å². The molecule has 6 aromatic carbocycles. The molecule has 0 saturated carbocycles. The molecular formula is C45H29N5. The van der Waals surface area contributed by atoms with Gasteiger partial charge in [-0.15, -0.1) is 0 Å². The largest absolute Gasteiger partial charge is 0.308 e. The van der Waals surface area contributed by atoms with Crippen LogP contribution in [0, 0.1) is 0 Å². The summed E-state index contributed by atoms with van der Waals surface area (Å²) in [6.45, 7) is 0. The molecule has 0 aliphatic heterocycles. The summed E-state index contributed by atoms with van der Waals surface area (Å²) < 4.78 is 4.50. The van der Waals surface area contributed by atoms with Gasteiger partial charge in [-0.05, 0) is 65.7 Å². The zero-order valence-electron chi connectivity index (χ0n) is 27.0. The topological polar surface area (TPSA) is 48.5 Å². The van der Waals surface area contributed by atoms with Crippen LogP contribution in [-0.2, 0) is 0 Å². The fourth-order valence-corrected chi connectivity index (χ4v) is 7.32. The summed E-state index contributed by atoms with van der Waals surface area (Å²) in [5.74, 6) is 0.646. The van der Waals surface area contributed by atoms with E-state index in [2.05, 4.69) is 166 Å². The predicted molar refractivity (Wildman–Crippen MR) is 205 cm³/mol. The Balaban J connectivity index is 1.17. The normalized spacial score (nSPS) is 11.6. The molecule has 5 nitrogen and oxygen atoms in total. The number of nitrogens with zero attached hydrogens (tertiary/aromatic N) is 5. The first-order chi connectivity index (χ1) is 24.8. The first kappa shape index (κ1) is 28.2. The van der Waals surface area contributed by atoms with E-state index in [0.717, 1.165) is 72.2 Å². The fraction of sp³-hybridized carbons (Fsp3) is 0. The number of para-hydroxylation sites is 2. The van der Waals surface area contributed by atoms with E-state index in [9.17, 15) is 0 Å². The third-order valence-corrected chi connectivity index (χ3v) is 9.64. The summed E-state index contributed by atoms with van der Waals surface area (Å²) in [5.41, 5.74) is 11.7. The Morgan fingerprint density at radius 1 is 0.360 bits per heavy atom. The molecular weight excluding hydrogens is 611 g/mol. The number of rotatable bonds is 5. The Kier molecular flexibility index (Phi) is 6.42. The predicted octanol–water partition coefficient (Wildman–Crippen LogP) is 11.1. The van der Waals surface area contributed by atoms with E-state index >= 15 is 0 Å². The summed E-state index contributed by atoms with van der Waals surface area (Å²) in [6.07, 6.45) is 3.84. The summed E-state index contributed by atoms with van der Waals surface area (Å²) in [7, 11) is 0. The maximum Gasteiger partial charge on any atom is 0.235 e. The highest BCUT2D eigenvalue weighted by atomic mass is 15.2. The number of hydrogen-bond donors (Lipinski definition) is 0. The van der Waals surface area contributed by atoms with Gasteiger partial charge < -0.3 is 4.57 Å². The third kappa shape index (κ3) is 4.52. The summed E-state index contributed by atoms with van der Waals surface area (Å²) in [4.78, 5) is 14.9. The van der Waals surface area contributed by atoms with Crippen LogP contribution in [0.15, 0.2) is 176 Å². The van der Waals surface area contributed by atoms with Crippen LogP contribution in [-0.4, -0.2) is 24.1 Å². The Labute approximate surface area is 288 Å². The first-order valence-corrected chi connectivity index (χ1v) is 16.8. The monoisotopic (exact) mass is 639 g/mol. The molecule has 5 heteroatoms. The van der Waals surface area contributed by atoms with Gasteiger partial charge in [0, 0.05) is 44.6 Å². The van der Waals surface area contributed by atoms with E-state index in [4.69, 9.17) is 9.97 Å². The zero-order chi connectivity index (χ0) is 33.0. The van der Waals surface area contributed by atoms with E-state index in [1.807, 2.05) is 24.5 Å². The SMILES string of the molecule is c1ccc(-c2cc(-c3ccccc3)nc(-n3c4ccccc4c4cc(-c5ccc6c(c5)c5ccncc5n6-c5ccccc5)ccc43)n2)cc1. The molecule has 0 aliphatic carbocycles. The van der Waals surface area contributed by atoms with Crippen LogP contribution in [0.25, 0.3) is 88.9 Å². The lowest BCUT2D eigenvalue weighted by molar-refractivity contribution is 0.995. The molecule has 0 atom stereocenters. The van der Waals surface area contributed by atoms with Crippen molar-refractivity contribution in [2.45, 2.75) is 0 Å². The van der Waals surface area contributed by atoms with E-state index in [-0.39, 0.29) is 0 Å². The van der Waals surface area contributed by atoms with Gasteiger partial charge in [0.25, 0.3) is 0 Å². The molecule has 0 N–H and O–H groups in total. The fourth-order valence-electron chi connectivity index (χ4n) is 7.32. The molecule has 0 saturated heterocycles. The van der Waals surface area contributed by atoms with Gasteiger partial charge in [-0.25, -0.2) is 9.97 Å². The molecule has 4 heterocycles. The molecule has 10 rings (SSSR count). The van der Waals surface area contributed by atoms with Crippen molar-refractivity contribution in [3.63, 3.8) is 0 Å². The van der Waals surface area contributed by atoms with Gasteiger partial charge >= 0.3 is 0 Å². The van der Waals surface area contributed by atoms with E-state index < -0.39 is 0 Å². The molecule has 0 unspecified atom stereocenters. The molecule has 4 aromatic heterocycles. The van der Waals surface area contributed by atoms with Crippen molar-refractivity contribution in [1.82, 2.24) is 24.1 Å². The minimum absolute atomic E-state index is 0.646. The van der Waals surface area contributed by atoms with Crippen molar-refractivity contribution >= 4 is 43.6 Å². The highest BCUT2D eigenvalue weighted by Crippen LogP contribution is 2.38. The maximum atomic E-state index is 5.19. The second kappa shape index (κ2) is 11.4. The third-order valence-electron chi connectivity index (χ3n) is 9.64. The van der Waals surface area contributed by atoms with Crippen LogP contribution in [0.4, 0.5) is 0 Å². The Hall–Kier alpha value is -6.85. The van der Waals surface area contributed by atoms with Gasteiger partial charge in [-0.3, -0.25) is 9.55 Å². The highest BCUT2D eigenvalue weighted by molar-refractivity contribution is 6.12. The minimum Gasteiger partial charge on any atom is -0.308 e. The number of hydrogen-bond acceptors (Lipinski definition) is 3. The molecule has 234 valence electrons. The standard InChI is InChI=1S/C45H29N5/c1-4-12-30(13-5-1)39-28-40(31-14-6-2-7-15-31)48-45(47-39)50-41-19-11-10-18-35(41)37-26-33(21-23-43(37)50)32-20-22-42-38(27-32)36-24-25-46-29-44(36)49(42)34-16-8-3-9-17-34/h1-29H. The Morgan fingerprint density at radius 3 is 1.52 bits per heavy atom. The van der Waals surface area contributed by atoms with Gasteiger partial charge in [0.1, 0.15) is 0 Å². The molecule has 0 radical (unpaired) electrons. The molecule has 0 amide bonds. The van der Waals surface area contributed by atoms with Crippen molar-refractivity contribution in [3.8, 4) is 45.3 Å². The van der Waals surface area contributed by atoms with Crippen molar-refractivity contribution in [1.29, 1.82) is 0 Å². The molecule has 50 heavy (non-hydrogen) atoms. The minimum atomic E-state index is 0.646. The molecule has 0 bridgehead atoms. The Bertz CT molecular complexity index is 2800. The van der Waals surface area contributed by atoms with Crippen molar-refractivity contribution in [2.75, 3.05) is 0 Å². The number of pyridine rings is 1. The van der Waals surface area contributed by atoms with E-state index in [1.165, 1.54) is 10.8 Å². The maximum absolute atomic E-state index is 5.19. The van der Waals surface area contributed by atoms with Crippen LogP contribution in [0.1, 0.15) is 0 Å². The molecule has 0 aliphatic rings. The van der Waals surface area contributed by atoms with Crippen LogP contribution in [0.3, 0.4) is 0 Å². The van der Waals surface area contributed by atoms with Crippen LogP contribution >= 0.6 is 0 Å². The number of aromatic nitrogens is 5. The van der Waals surface area contributed by atoms with Crippen molar-refractivity contribution in [2.24, 2.45) is 0 Å². The zero-order valence-corrected chi connectivity index (χ0v) is 27.0. The van der Waals surface area contributed by atoms with Crippen molar-refractivity contribution < 1.29 is 0 Å². The van der Waals surface area contributed by atoms with Gasteiger partial charge in [-0.2, -0.15) is 0 Å². The smallest absolute Gasteiger partial charge is 0.235 e. The molecule has 10 aromatic rings.